The highest BCUT2D eigenvalue weighted by atomic mass is 16.5. The van der Waals surface area contributed by atoms with Gasteiger partial charge in [0, 0.05) is 5.56 Å². The third-order valence-corrected chi connectivity index (χ3v) is 4.09. The summed E-state index contributed by atoms with van der Waals surface area (Å²) in [6.07, 6.45) is 0.848. The first kappa shape index (κ1) is 17.0. The number of hydrogen-bond acceptors (Lipinski definition) is 3. The third kappa shape index (κ3) is 4.18. The molecule has 2 N–H and O–H groups in total. The summed E-state index contributed by atoms with van der Waals surface area (Å²) in [5, 5.41) is 5.83. The van der Waals surface area contributed by atoms with Gasteiger partial charge in [-0.05, 0) is 36.1 Å². The van der Waals surface area contributed by atoms with Crippen LogP contribution in [0.15, 0.2) is 48.5 Å². The van der Waals surface area contributed by atoms with Crippen molar-refractivity contribution in [1.29, 1.82) is 0 Å². The van der Waals surface area contributed by atoms with Gasteiger partial charge in [-0.1, -0.05) is 44.2 Å². The van der Waals surface area contributed by atoms with E-state index in [1.54, 1.807) is 18.2 Å². The van der Waals surface area contributed by atoms with Crippen molar-refractivity contribution in [2.24, 2.45) is 5.92 Å². The fourth-order valence-electron chi connectivity index (χ4n) is 2.90. The number of nitrogens with one attached hydrogen (secondary N) is 2. The number of fused-ring (bicyclic) bond motifs is 1. The van der Waals surface area contributed by atoms with E-state index in [-0.39, 0.29) is 24.5 Å². The Balaban J connectivity index is 1.79. The van der Waals surface area contributed by atoms with Gasteiger partial charge in [-0.15, -0.1) is 0 Å². The predicted molar refractivity (Wildman–Crippen MR) is 96.7 cm³/mol. The first-order valence-electron chi connectivity index (χ1n) is 8.45. The largest absolute Gasteiger partial charge is 0.482 e. The second-order valence-electron chi connectivity index (χ2n) is 6.61. The Labute approximate surface area is 147 Å². The van der Waals surface area contributed by atoms with Crippen molar-refractivity contribution in [2.75, 3.05) is 11.9 Å². The van der Waals surface area contributed by atoms with Gasteiger partial charge in [0.05, 0.1) is 11.7 Å². The fourth-order valence-corrected chi connectivity index (χ4v) is 2.90. The molecule has 0 radical (unpaired) electrons. The Morgan fingerprint density at radius 1 is 1.20 bits per heavy atom. The van der Waals surface area contributed by atoms with E-state index < -0.39 is 0 Å². The zero-order valence-corrected chi connectivity index (χ0v) is 14.4. The van der Waals surface area contributed by atoms with Crippen LogP contribution in [-0.4, -0.2) is 18.4 Å². The van der Waals surface area contributed by atoms with Crippen LogP contribution in [0.4, 0.5) is 5.69 Å². The van der Waals surface area contributed by atoms with E-state index in [4.69, 9.17) is 4.74 Å². The van der Waals surface area contributed by atoms with Crippen LogP contribution in [0.3, 0.4) is 0 Å². The normalized spacial score (nSPS) is 14.3. The van der Waals surface area contributed by atoms with Crippen molar-refractivity contribution >= 4 is 17.5 Å². The molecule has 1 aliphatic rings. The lowest BCUT2D eigenvalue weighted by Gasteiger charge is -2.22. The van der Waals surface area contributed by atoms with E-state index >= 15 is 0 Å². The van der Waals surface area contributed by atoms with Crippen LogP contribution in [0.25, 0.3) is 0 Å². The van der Waals surface area contributed by atoms with Crippen molar-refractivity contribution in [3.63, 3.8) is 0 Å². The zero-order valence-electron chi connectivity index (χ0n) is 14.4. The van der Waals surface area contributed by atoms with Crippen LogP contribution in [0.1, 0.15) is 42.2 Å². The van der Waals surface area contributed by atoms with Crippen molar-refractivity contribution in [3.05, 3.63) is 59.7 Å². The molecular weight excluding hydrogens is 316 g/mol. The van der Waals surface area contributed by atoms with E-state index in [9.17, 15) is 9.59 Å². The summed E-state index contributed by atoms with van der Waals surface area (Å²) in [6, 6.07) is 15.0. The van der Waals surface area contributed by atoms with Gasteiger partial charge >= 0.3 is 0 Å². The third-order valence-electron chi connectivity index (χ3n) is 4.09. The molecule has 130 valence electrons. The van der Waals surface area contributed by atoms with Crippen molar-refractivity contribution in [3.8, 4) is 5.75 Å². The molecule has 25 heavy (non-hydrogen) atoms. The van der Waals surface area contributed by atoms with E-state index in [0.29, 0.717) is 22.9 Å². The molecule has 1 atom stereocenters. The summed E-state index contributed by atoms with van der Waals surface area (Å²) in [5.41, 5.74) is 2.11. The minimum Gasteiger partial charge on any atom is -0.482 e. The topological polar surface area (TPSA) is 67.4 Å². The number of amides is 2. The Bertz CT molecular complexity index is 772. The molecule has 0 spiro atoms. The minimum atomic E-state index is -0.216. The summed E-state index contributed by atoms with van der Waals surface area (Å²) in [7, 11) is 0. The maximum atomic E-state index is 12.7. The highest BCUT2D eigenvalue weighted by Crippen LogP contribution is 2.29. The first-order chi connectivity index (χ1) is 12.0. The molecule has 0 fully saturated rings. The average molecular weight is 338 g/mol. The van der Waals surface area contributed by atoms with E-state index in [1.165, 1.54) is 0 Å². The lowest BCUT2D eigenvalue weighted by molar-refractivity contribution is -0.118. The molecule has 1 unspecified atom stereocenters. The molecule has 0 aliphatic carbocycles. The van der Waals surface area contributed by atoms with Crippen LogP contribution in [-0.2, 0) is 4.79 Å². The highest BCUT2D eigenvalue weighted by molar-refractivity contribution is 6.00. The summed E-state index contributed by atoms with van der Waals surface area (Å²) in [6.45, 7) is 4.27. The minimum absolute atomic E-state index is 0.00299. The summed E-state index contributed by atoms with van der Waals surface area (Å²) < 4.78 is 5.33. The van der Waals surface area contributed by atoms with Gasteiger partial charge in [-0.2, -0.15) is 0 Å². The Kier molecular flexibility index (Phi) is 5.03. The molecule has 0 saturated heterocycles. The summed E-state index contributed by atoms with van der Waals surface area (Å²) >= 11 is 0. The quantitative estimate of drug-likeness (QED) is 0.876. The number of carbonyl (C=O) groups excluding carboxylic acids is 2. The van der Waals surface area contributed by atoms with Gasteiger partial charge < -0.3 is 15.4 Å². The monoisotopic (exact) mass is 338 g/mol. The second kappa shape index (κ2) is 7.38. The van der Waals surface area contributed by atoms with Crippen LogP contribution in [0.5, 0.6) is 5.75 Å². The number of anilines is 1. The summed E-state index contributed by atoms with van der Waals surface area (Å²) in [5.74, 6) is 0.642. The maximum Gasteiger partial charge on any atom is 0.262 e. The van der Waals surface area contributed by atoms with Gasteiger partial charge in [-0.25, -0.2) is 0 Å². The Morgan fingerprint density at radius 3 is 2.68 bits per heavy atom. The molecule has 1 heterocycles. The first-order valence-corrected chi connectivity index (χ1v) is 8.45. The molecule has 1 aliphatic heterocycles. The zero-order chi connectivity index (χ0) is 17.8. The lowest BCUT2D eigenvalue weighted by Crippen LogP contribution is -2.30. The van der Waals surface area contributed by atoms with E-state index in [2.05, 4.69) is 24.5 Å². The molecule has 5 nitrogen and oxygen atoms in total. The molecular formula is C20H22N2O3. The van der Waals surface area contributed by atoms with E-state index in [1.807, 2.05) is 30.3 Å². The molecule has 2 aromatic rings. The number of carbonyl (C=O) groups is 2. The van der Waals surface area contributed by atoms with Crippen LogP contribution < -0.4 is 15.4 Å². The number of hydrogen-bond donors (Lipinski definition) is 2. The molecule has 5 heteroatoms. The van der Waals surface area contributed by atoms with Gasteiger partial charge in [-0.3, -0.25) is 9.59 Å². The second-order valence-corrected chi connectivity index (χ2v) is 6.61. The number of benzene rings is 2. The maximum absolute atomic E-state index is 12.7. The van der Waals surface area contributed by atoms with E-state index in [0.717, 1.165) is 12.0 Å². The lowest BCUT2D eigenvalue weighted by atomic mass is 9.96. The average Bonchev–Trinajstić information content (AvgIpc) is 2.60. The Morgan fingerprint density at radius 2 is 1.96 bits per heavy atom. The van der Waals surface area contributed by atoms with Gasteiger partial charge in [0.1, 0.15) is 5.75 Å². The SMILES string of the molecule is CC(C)CC(NC(=O)c1ccc2c(c1)NC(=O)CO2)c1ccccc1. The standard InChI is InChI=1S/C20H22N2O3/c1-13(2)10-16(14-6-4-3-5-7-14)22-20(24)15-8-9-18-17(11-15)21-19(23)12-25-18/h3-9,11,13,16H,10,12H2,1-2H3,(H,21,23)(H,22,24). The Hall–Kier alpha value is -2.82. The van der Waals surface area contributed by atoms with Crippen molar-refractivity contribution in [1.82, 2.24) is 5.32 Å². The molecule has 0 saturated carbocycles. The molecule has 0 aromatic heterocycles. The number of ether oxygens (including phenoxy) is 1. The van der Waals surface area contributed by atoms with Crippen LogP contribution in [0, 0.1) is 5.92 Å². The van der Waals surface area contributed by atoms with Crippen LogP contribution in [0.2, 0.25) is 0 Å². The molecule has 2 aromatic carbocycles. The van der Waals surface area contributed by atoms with Crippen LogP contribution >= 0.6 is 0 Å². The highest BCUT2D eigenvalue weighted by Gasteiger charge is 2.20. The van der Waals surface area contributed by atoms with Crippen molar-refractivity contribution in [2.45, 2.75) is 26.3 Å². The molecule has 0 bridgehead atoms. The van der Waals surface area contributed by atoms with Gasteiger partial charge in [0.25, 0.3) is 11.8 Å². The molecule has 3 rings (SSSR count). The van der Waals surface area contributed by atoms with Crippen molar-refractivity contribution < 1.29 is 14.3 Å². The molecule has 2 amide bonds. The van der Waals surface area contributed by atoms with Gasteiger partial charge in [0.15, 0.2) is 6.61 Å². The smallest absolute Gasteiger partial charge is 0.262 e. The predicted octanol–water partition coefficient (Wildman–Crippen LogP) is 3.53. The number of rotatable bonds is 5. The summed E-state index contributed by atoms with van der Waals surface area (Å²) in [4.78, 5) is 24.2. The van der Waals surface area contributed by atoms with Gasteiger partial charge in [0.2, 0.25) is 0 Å². The fraction of sp³-hybridized carbons (Fsp3) is 0.300.